The van der Waals surface area contributed by atoms with Crippen LogP contribution < -0.4 is 0 Å². The molecule has 0 aromatic carbocycles. The van der Waals surface area contributed by atoms with Gasteiger partial charge < -0.3 is 0 Å². The molecule has 1 aromatic rings. The summed E-state index contributed by atoms with van der Waals surface area (Å²) in [7, 11) is 0. The lowest BCUT2D eigenvalue weighted by Gasteiger charge is -2.12. The molecule has 0 radical (unpaired) electrons. The molecule has 0 saturated carbocycles. The molecule has 0 aliphatic rings. The van der Waals surface area contributed by atoms with Crippen LogP contribution in [0.25, 0.3) is 0 Å². The van der Waals surface area contributed by atoms with Crippen LogP contribution in [0.3, 0.4) is 0 Å². The molecule has 0 fully saturated rings. The molecule has 2 atom stereocenters. The summed E-state index contributed by atoms with van der Waals surface area (Å²) in [6, 6.07) is 0. The van der Waals surface area contributed by atoms with Crippen LogP contribution in [0.1, 0.15) is 40.6 Å². The van der Waals surface area contributed by atoms with Gasteiger partial charge in [-0.15, -0.1) is 11.3 Å². The van der Waals surface area contributed by atoms with E-state index < -0.39 is 0 Å². The van der Waals surface area contributed by atoms with Gasteiger partial charge in [0.25, 0.3) is 0 Å². The quantitative estimate of drug-likeness (QED) is 0.614. The fourth-order valence-electron chi connectivity index (χ4n) is 0.932. The molecule has 0 aliphatic carbocycles. The van der Waals surface area contributed by atoms with E-state index in [1.54, 1.807) is 5.38 Å². The fourth-order valence-corrected chi connectivity index (χ4v) is 2.60. The van der Waals surface area contributed by atoms with E-state index in [0.29, 0.717) is 11.6 Å². The Bertz CT molecular complexity index is 287. The third-order valence-electron chi connectivity index (χ3n) is 2.04. The van der Waals surface area contributed by atoms with Gasteiger partial charge in [0, 0.05) is 5.38 Å². The molecule has 1 rings (SSSR count). The van der Waals surface area contributed by atoms with Crippen molar-refractivity contribution in [3.8, 4) is 0 Å². The monoisotopic (exact) mass is 261 g/mol. The van der Waals surface area contributed by atoms with Crippen LogP contribution in [-0.4, -0.2) is 11.3 Å². The van der Waals surface area contributed by atoms with Crippen molar-refractivity contribution in [2.45, 2.75) is 25.1 Å². The minimum Gasteiger partial charge on any atom is -0.296 e. The summed E-state index contributed by atoms with van der Waals surface area (Å²) in [5.41, 5.74) is 0.535. The van der Waals surface area contributed by atoms with Crippen LogP contribution in [0.4, 0.5) is 0 Å². The zero-order chi connectivity index (χ0) is 9.84. The number of hydrogen-bond donors (Lipinski definition) is 0. The second kappa shape index (κ2) is 4.86. The Hall–Kier alpha value is -0.220. The third-order valence-corrected chi connectivity index (χ3v) is 4.63. The van der Waals surface area contributed by atoms with Gasteiger partial charge in [-0.05, 0) is 5.92 Å². The molecular weight excluding hydrogens is 250 g/mol. The second-order valence-corrected chi connectivity index (χ2v) is 4.89. The fraction of sp³-hybridized carbons (Fsp3) is 0.556. The molecule has 0 bridgehead atoms. The summed E-state index contributed by atoms with van der Waals surface area (Å²) < 4.78 is 0. The van der Waals surface area contributed by atoms with E-state index in [4.69, 9.17) is 0 Å². The summed E-state index contributed by atoms with van der Waals surface area (Å²) in [5.74, 6) is 0.547. The summed E-state index contributed by atoms with van der Waals surface area (Å²) in [4.78, 5) is 14.9. The van der Waals surface area contributed by atoms with Gasteiger partial charge >= 0.3 is 0 Å². The Balaban J connectivity index is 2.76. The number of alkyl halides is 1. The molecule has 0 N–H and O–H groups in total. The molecule has 2 unspecified atom stereocenters. The largest absolute Gasteiger partial charge is 0.296 e. The number of rotatable bonds is 4. The maximum Gasteiger partial charge on any atom is 0.169 e. The first kappa shape index (κ1) is 10.9. The Labute approximate surface area is 90.5 Å². The first-order chi connectivity index (χ1) is 6.19. The van der Waals surface area contributed by atoms with E-state index in [0.717, 1.165) is 17.7 Å². The number of halogens is 1. The van der Waals surface area contributed by atoms with Crippen LogP contribution in [0.5, 0.6) is 0 Å². The highest BCUT2D eigenvalue weighted by molar-refractivity contribution is 9.09. The van der Waals surface area contributed by atoms with E-state index in [2.05, 4.69) is 34.8 Å². The van der Waals surface area contributed by atoms with Gasteiger partial charge in [-0.3, -0.25) is 4.79 Å². The number of carbonyl (C=O) groups excluding carboxylic acids is 1. The van der Waals surface area contributed by atoms with E-state index in [1.807, 2.05) is 0 Å². The molecule has 0 saturated heterocycles. The van der Waals surface area contributed by atoms with Crippen LogP contribution in [0.15, 0.2) is 5.38 Å². The molecular formula is C9H12BrNOS. The Kier molecular flexibility index (Phi) is 4.06. The number of carbonyl (C=O) groups is 1. The molecule has 0 aliphatic heterocycles. The zero-order valence-electron chi connectivity index (χ0n) is 7.66. The molecule has 72 valence electrons. The van der Waals surface area contributed by atoms with Gasteiger partial charge in [0.15, 0.2) is 6.29 Å². The highest BCUT2D eigenvalue weighted by atomic mass is 79.9. The van der Waals surface area contributed by atoms with E-state index in [9.17, 15) is 4.79 Å². The standard InChI is InChI=1S/C9H12BrNOS/c1-3-6(2)8(10)9-11-7(4-12)5-13-9/h4-6,8H,3H2,1-2H3. The van der Waals surface area contributed by atoms with Crippen molar-refractivity contribution in [1.29, 1.82) is 0 Å². The van der Waals surface area contributed by atoms with Crippen molar-refractivity contribution in [2.75, 3.05) is 0 Å². The molecule has 0 amide bonds. The molecule has 2 nitrogen and oxygen atoms in total. The Morgan fingerprint density at radius 3 is 2.92 bits per heavy atom. The lowest BCUT2D eigenvalue weighted by molar-refractivity contribution is 0.111. The summed E-state index contributed by atoms with van der Waals surface area (Å²) in [6.07, 6.45) is 1.89. The normalized spacial score (nSPS) is 15.3. The molecule has 4 heteroatoms. The van der Waals surface area contributed by atoms with Crippen molar-refractivity contribution in [3.05, 3.63) is 16.1 Å². The van der Waals surface area contributed by atoms with E-state index in [-0.39, 0.29) is 4.83 Å². The maximum absolute atomic E-state index is 10.4. The topological polar surface area (TPSA) is 30.0 Å². The van der Waals surface area contributed by atoms with Crippen LogP contribution >= 0.6 is 27.3 Å². The predicted octanol–water partition coefficient (Wildman–Crippen LogP) is 3.44. The van der Waals surface area contributed by atoms with Crippen molar-refractivity contribution >= 4 is 33.6 Å². The van der Waals surface area contributed by atoms with Crippen molar-refractivity contribution in [2.24, 2.45) is 5.92 Å². The van der Waals surface area contributed by atoms with Crippen LogP contribution in [0.2, 0.25) is 0 Å². The van der Waals surface area contributed by atoms with Gasteiger partial charge in [0.1, 0.15) is 10.7 Å². The average molecular weight is 262 g/mol. The predicted molar refractivity (Wildman–Crippen MR) is 58.6 cm³/mol. The lowest BCUT2D eigenvalue weighted by atomic mass is 10.1. The molecule has 1 aromatic heterocycles. The summed E-state index contributed by atoms with van der Waals surface area (Å²) >= 11 is 5.12. The highest BCUT2D eigenvalue weighted by Gasteiger charge is 2.17. The smallest absolute Gasteiger partial charge is 0.169 e. The SMILES string of the molecule is CCC(C)C(Br)c1nc(C=O)cs1. The second-order valence-electron chi connectivity index (χ2n) is 3.02. The molecule has 1 heterocycles. The van der Waals surface area contributed by atoms with Crippen LogP contribution in [0, 0.1) is 5.92 Å². The summed E-state index contributed by atoms with van der Waals surface area (Å²) in [5, 5.41) is 2.79. The van der Waals surface area contributed by atoms with Gasteiger partial charge in [-0.25, -0.2) is 4.98 Å². The maximum atomic E-state index is 10.4. The number of hydrogen-bond acceptors (Lipinski definition) is 3. The number of aromatic nitrogens is 1. The lowest BCUT2D eigenvalue weighted by Crippen LogP contribution is -2.01. The highest BCUT2D eigenvalue weighted by Crippen LogP contribution is 2.34. The third kappa shape index (κ3) is 2.61. The average Bonchev–Trinajstić information content (AvgIpc) is 2.63. The minimum absolute atomic E-state index is 0.274. The minimum atomic E-state index is 0.274. The van der Waals surface area contributed by atoms with Gasteiger partial charge in [-0.2, -0.15) is 0 Å². The number of nitrogens with zero attached hydrogens (tertiary/aromatic N) is 1. The summed E-state index contributed by atoms with van der Waals surface area (Å²) in [6.45, 7) is 4.31. The first-order valence-corrected chi connectivity index (χ1v) is 6.03. The van der Waals surface area contributed by atoms with Gasteiger partial charge in [0.05, 0.1) is 4.83 Å². The number of thiazole rings is 1. The van der Waals surface area contributed by atoms with E-state index in [1.165, 1.54) is 11.3 Å². The first-order valence-electron chi connectivity index (χ1n) is 4.23. The Morgan fingerprint density at radius 1 is 1.77 bits per heavy atom. The van der Waals surface area contributed by atoms with Crippen molar-refractivity contribution < 1.29 is 4.79 Å². The number of aldehydes is 1. The van der Waals surface area contributed by atoms with Gasteiger partial charge in [-0.1, -0.05) is 36.2 Å². The van der Waals surface area contributed by atoms with Crippen LogP contribution in [-0.2, 0) is 0 Å². The van der Waals surface area contributed by atoms with Gasteiger partial charge in [0.2, 0.25) is 0 Å². The molecule has 13 heavy (non-hydrogen) atoms. The Morgan fingerprint density at radius 2 is 2.46 bits per heavy atom. The van der Waals surface area contributed by atoms with E-state index >= 15 is 0 Å². The molecule has 0 spiro atoms. The zero-order valence-corrected chi connectivity index (χ0v) is 10.1. The van der Waals surface area contributed by atoms with Crippen molar-refractivity contribution in [1.82, 2.24) is 4.98 Å². The van der Waals surface area contributed by atoms with Crippen molar-refractivity contribution in [3.63, 3.8) is 0 Å².